The first-order valence-corrected chi connectivity index (χ1v) is 15.8. The van der Waals surface area contributed by atoms with E-state index in [1.54, 1.807) is 24.1 Å². The maximum atomic E-state index is 13.6. The summed E-state index contributed by atoms with van der Waals surface area (Å²) < 4.78 is 22.8. The van der Waals surface area contributed by atoms with Crippen LogP contribution in [0.4, 0.5) is 10.5 Å². The highest BCUT2D eigenvalue weighted by molar-refractivity contribution is 5.97. The van der Waals surface area contributed by atoms with Crippen molar-refractivity contribution in [2.24, 2.45) is 0 Å². The van der Waals surface area contributed by atoms with E-state index in [0.717, 1.165) is 42.7 Å². The van der Waals surface area contributed by atoms with E-state index in [2.05, 4.69) is 15.0 Å². The Balaban J connectivity index is 0.917. The number of anilines is 1. The molecule has 3 aliphatic heterocycles. The largest absolute Gasteiger partial charge is 0.496 e. The fourth-order valence-electron chi connectivity index (χ4n) is 6.53. The molecule has 238 valence electrons. The Hall–Kier alpha value is -4.90. The molecule has 0 aliphatic carbocycles. The van der Waals surface area contributed by atoms with Crippen LogP contribution in [0.1, 0.15) is 47.4 Å². The molecule has 2 saturated heterocycles. The average Bonchev–Trinajstić information content (AvgIpc) is 3.58. The standard InChI is InChI=1S/C35H37N5O6/c1-43-31-21-28(45-27-15-17-38(18-16-27)22-32-36-33(46-37-32)24-7-3-2-4-8-24)11-12-29(31)34(41)39-19-13-26(14-20-39)40-30-10-6-5-9-25(30)23-44-35(40)42/h2-12,21,26-27H,13-20,22-23H2,1H3. The lowest BCUT2D eigenvalue weighted by atomic mass is 10.00. The van der Waals surface area contributed by atoms with Gasteiger partial charge < -0.3 is 23.6 Å². The van der Waals surface area contributed by atoms with Crippen LogP contribution in [-0.4, -0.2) is 77.4 Å². The van der Waals surface area contributed by atoms with Crippen LogP contribution in [0.5, 0.6) is 11.5 Å². The molecule has 0 unspecified atom stereocenters. The number of hydrogen-bond donors (Lipinski definition) is 0. The van der Waals surface area contributed by atoms with Gasteiger partial charge in [0, 0.05) is 49.4 Å². The van der Waals surface area contributed by atoms with Gasteiger partial charge in [-0.25, -0.2) is 4.79 Å². The van der Waals surface area contributed by atoms with Crippen molar-refractivity contribution in [2.45, 2.75) is 51.0 Å². The molecule has 0 atom stereocenters. The maximum Gasteiger partial charge on any atom is 0.414 e. The quantitative estimate of drug-likeness (QED) is 0.250. The third-order valence-electron chi connectivity index (χ3n) is 9.01. The molecule has 11 heteroatoms. The van der Waals surface area contributed by atoms with Crippen LogP contribution < -0.4 is 14.4 Å². The fourth-order valence-corrected chi connectivity index (χ4v) is 6.53. The SMILES string of the molecule is COc1cc(OC2CCN(Cc3noc(-c4ccccc4)n3)CC2)ccc1C(=O)N1CCC(N2C(=O)OCc3ccccc32)CC1. The topological polar surface area (TPSA) is 110 Å². The minimum absolute atomic E-state index is 0.0268. The number of rotatable bonds is 8. The van der Waals surface area contributed by atoms with E-state index < -0.39 is 0 Å². The molecule has 0 N–H and O–H groups in total. The summed E-state index contributed by atoms with van der Waals surface area (Å²) in [7, 11) is 1.57. The molecule has 11 nitrogen and oxygen atoms in total. The second kappa shape index (κ2) is 13.2. The maximum absolute atomic E-state index is 13.6. The van der Waals surface area contributed by atoms with Gasteiger partial charge in [0.2, 0.25) is 0 Å². The van der Waals surface area contributed by atoms with Crippen LogP contribution in [0.3, 0.4) is 0 Å². The van der Waals surface area contributed by atoms with Crippen LogP contribution in [0, 0.1) is 0 Å². The highest BCUT2D eigenvalue weighted by Gasteiger charge is 2.35. The number of carbonyl (C=O) groups excluding carboxylic acids is 2. The summed E-state index contributed by atoms with van der Waals surface area (Å²) in [6, 6.07) is 23.0. The number of aromatic nitrogens is 2. The van der Waals surface area contributed by atoms with Crippen LogP contribution in [0.25, 0.3) is 11.5 Å². The molecule has 2 amide bonds. The number of cyclic esters (lactones) is 1. The summed E-state index contributed by atoms with van der Waals surface area (Å²) in [5, 5.41) is 4.16. The minimum atomic E-state index is -0.323. The summed E-state index contributed by atoms with van der Waals surface area (Å²) >= 11 is 0. The molecular weight excluding hydrogens is 586 g/mol. The first kappa shape index (κ1) is 29.8. The summed E-state index contributed by atoms with van der Waals surface area (Å²) in [4.78, 5) is 36.7. The van der Waals surface area contributed by atoms with E-state index in [1.165, 1.54) is 0 Å². The van der Waals surface area contributed by atoms with Crippen molar-refractivity contribution >= 4 is 17.7 Å². The number of hydrogen-bond acceptors (Lipinski definition) is 9. The first-order chi connectivity index (χ1) is 22.6. The normalized spacial score (nSPS) is 17.8. The van der Waals surface area contributed by atoms with E-state index in [-0.39, 0.29) is 24.1 Å². The second-order valence-electron chi connectivity index (χ2n) is 11.9. The number of benzene rings is 3. The van der Waals surface area contributed by atoms with Crippen molar-refractivity contribution in [3.8, 4) is 23.0 Å². The lowest BCUT2D eigenvalue weighted by Gasteiger charge is -2.40. The summed E-state index contributed by atoms with van der Waals surface area (Å²) in [6.45, 7) is 3.69. The predicted octanol–water partition coefficient (Wildman–Crippen LogP) is 5.55. The van der Waals surface area contributed by atoms with Crippen LogP contribution >= 0.6 is 0 Å². The Labute approximate surface area is 267 Å². The molecule has 0 bridgehead atoms. The number of fused-ring (bicyclic) bond motifs is 1. The third-order valence-corrected chi connectivity index (χ3v) is 9.01. The van der Waals surface area contributed by atoms with E-state index in [4.69, 9.17) is 18.7 Å². The molecule has 46 heavy (non-hydrogen) atoms. The van der Waals surface area contributed by atoms with Crippen LogP contribution in [0.2, 0.25) is 0 Å². The van der Waals surface area contributed by atoms with Crippen molar-refractivity contribution < 1.29 is 28.3 Å². The number of para-hydroxylation sites is 1. The summed E-state index contributed by atoms with van der Waals surface area (Å²) in [5.74, 6) is 2.28. The monoisotopic (exact) mass is 623 g/mol. The van der Waals surface area contributed by atoms with Crippen molar-refractivity contribution in [3.63, 3.8) is 0 Å². The zero-order valence-electron chi connectivity index (χ0n) is 25.8. The van der Waals surface area contributed by atoms with Gasteiger partial charge in [-0.3, -0.25) is 14.6 Å². The molecular formula is C35H37N5O6. The van der Waals surface area contributed by atoms with Crippen molar-refractivity contribution in [2.75, 3.05) is 38.2 Å². The van der Waals surface area contributed by atoms with Gasteiger partial charge in [-0.2, -0.15) is 4.98 Å². The van der Waals surface area contributed by atoms with Crippen LogP contribution in [-0.2, 0) is 17.9 Å². The number of nitrogens with zero attached hydrogens (tertiary/aromatic N) is 5. The Morgan fingerprint density at radius 1 is 0.935 bits per heavy atom. The van der Waals surface area contributed by atoms with E-state index in [0.29, 0.717) is 67.9 Å². The molecule has 1 aromatic heterocycles. The highest BCUT2D eigenvalue weighted by atomic mass is 16.6. The number of piperidine rings is 2. The first-order valence-electron chi connectivity index (χ1n) is 15.8. The number of ether oxygens (including phenoxy) is 3. The Kier molecular flexibility index (Phi) is 8.56. The average molecular weight is 624 g/mol. The predicted molar refractivity (Wildman–Crippen MR) is 170 cm³/mol. The van der Waals surface area contributed by atoms with Gasteiger partial charge in [0.15, 0.2) is 5.82 Å². The fraction of sp³-hybridized carbons (Fsp3) is 0.371. The lowest BCUT2D eigenvalue weighted by molar-refractivity contribution is 0.0704. The molecule has 4 aromatic rings. The van der Waals surface area contributed by atoms with Gasteiger partial charge in [-0.1, -0.05) is 41.6 Å². The van der Waals surface area contributed by atoms with E-state index in [9.17, 15) is 9.59 Å². The zero-order valence-corrected chi connectivity index (χ0v) is 25.8. The van der Waals surface area contributed by atoms with Crippen molar-refractivity contribution in [1.29, 1.82) is 0 Å². The number of amides is 2. The van der Waals surface area contributed by atoms with Gasteiger partial charge >= 0.3 is 6.09 Å². The van der Waals surface area contributed by atoms with E-state index in [1.807, 2.05) is 65.6 Å². The molecule has 7 rings (SSSR count). The molecule has 3 aromatic carbocycles. The van der Waals surface area contributed by atoms with Gasteiger partial charge in [-0.05, 0) is 56.0 Å². The van der Waals surface area contributed by atoms with Gasteiger partial charge in [-0.15, -0.1) is 0 Å². The van der Waals surface area contributed by atoms with Gasteiger partial charge in [0.1, 0.15) is 24.2 Å². The van der Waals surface area contributed by atoms with Gasteiger partial charge in [0.25, 0.3) is 11.8 Å². The molecule has 3 aliphatic rings. The van der Waals surface area contributed by atoms with Gasteiger partial charge in [0.05, 0.1) is 24.9 Å². The molecule has 0 radical (unpaired) electrons. The zero-order chi connectivity index (χ0) is 31.5. The highest BCUT2D eigenvalue weighted by Crippen LogP contribution is 2.33. The number of methoxy groups -OCH3 is 1. The third kappa shape index (κ3) is 6.28. The number of likely N-dealkylation sites (tertiary alicyclic amines) is 2. The van der Waals surface area contributed by atoms with Crippen LogP contribution in [0.15, 0.2) is 77.3 Å². The van der Waals surface area contributed by atoms with E-state index >= 15 is 0 Å². The second-order valence-corrected chi connectivity index (χ2v) is 11.9. The Morgan fingerprint density at radius 3 is 2.48 bits per heavy atom. The Bertz CT molecular complexity index is 1680. The lowest BCUT2D eigenvalue weighted by Crippen LogP contribution is -2.50. The summed E-state index contributed by atoms with van der Waals surface area (Å²) in [6.07, 6.45) is 2.78. The number of carbonyl (C=O) groups is 2. The molecule has 0 spiro atoms. The summed E-state index contributed by atoms with van der Waals surface area (Å²) in [5.41, 5.74) is 3.31. The molecule has 2 fully saturated rings. The van der Waals surface area contributed by atoms with Crippen molar-refractivity contribution in [3.05, 3.63) is 89.7 Å². The van der Waals surface area contributed by atoms with Crippen molar-refractivity contribution in [1.82, 2.24) is 19.9 Å². The smallest absolute Gasteiger partial charge is 0.414 e. The molecule has 4 heterocycles. The minimum Gasteiger partial charge on any atom is -0.496 e. The molecule has 0 saturated carbocycles. The Morgan fingerprint density at radius 2 is 1.70 bits per heavy atom.